The summed E-state index contributed by atoms with van der Waals surface area (Å²) in [6.45, 7) is 2.73. The highest BCUT2D eigenvalue weighted by Gasteiger charge is 2.13. The molecule has 0 aliphatic carbocycles. The van der Waals surface area contributed by atoms with E-state index in [9.17, 15) is 0 Å². The van der Waals surface area contributed by atoms with E-state index in [1.807, 2.05) is 6.92 Å². The van der Waals surface area contributed by atoms with Crippen molar-refractivity contribution in [1.82, 2.24) is 4.72 Å². The topological polar surface area (TPSA) is 21.3 Å². The number of nitrogens with one attached hydrogen (secondary N) is 1. The largest absolute Gasteiger partial charge is 0.366 e. The SMILES string of the molecule is CC(S)OCC1CCCSN1. The van der Waals surface area contributed by atoms with Gasteiger partial charge in [0.05, 0.1) is 12.0 Å². The fourth-order valence-corrected chi connectivity index (χ4v) is 1.95. The van der Waals surface area contributed by atoms with Crippen LogP contribution < -0.4 is 4.72 Å². The maximum atomic E-state index is 5.37. The van der Waals surface area contributed by atoms with E-state index in [1.165, 1.54) is 18.6 Å². The summed E-state index contributed by atoms with van der Waals surface area (Å²) in [5, 5.41) is 0. The third-order valence-electron chi connectivity index (χ3n) is 1.59. The summed E-state index contributed by atoms with van der Waals surface area (Å²) in [6.07, 6.45) is 2.53. The van der Waals surface area contributed by atoms with E-state index in [0.717, 1.165) is 6.61 Å². The van der Waals surface area contributed by atoms with Crippen molar-refractivity contribution >= 4 is 24.6 Å². The van der Waals surface area contributed by atoms with Crippen molar-refractivity contribution in [3.8, 4) is 0 Å². The standard InChI is InChI=1S/C7H15NOS2/c1-6(10)9-5-7-3-2-4-11-8-7/h6-8,10H,2-5H2,1H3. The third-order valence-corrected chi connectivity index (χ3v) is 2.73. The summed E-state index contributed by atoms with van der Waals surface area (Å²) in [6, 6.07) is 0.531. The average Bonchev–Trinajstić information content (AvgIpc) is 2.03. The molecule has 1 saturated heterocycles. The van der Waals surface area contributed by atoms with Crippen LogP contribution in [0.3, 0.4) is 0 Å². The molecule has 0 radical (unpaired) electrons. The second-order valence-corrected chi connectivity index (χ2v) is 4.40. The Morgan fingerprint density at radius 1 is 1.82 bits per heavy atom. The molecule has 1 fully saturated rings. The summed E-state index contributed by atoms with van der Waals surface area (Å²) < 4.78 is 8.70. The molecule has 2 atom stereocenters. The minimum absolute atomic E-state index is 0.0590. The molecule has 66 valence electrons. The van der Waals surface area contributed by atoms with Gasteiger partial charge in [0, 0.05) is 11.8 Å². The minimum Gasteiger partial charge on any atom is -0.366 e. The van der Waals surface area contributed by atoms with Gasteiger partial charge in [0.25, 0.3) is 0 Å². The lowest BCUT2D eigenvalue weighted by Crippen LogP contribution is -2.32. The van der Waals surface area contributed by atoms with Crippen LogP contribution in [0.15, 0.2) is 0 Å². The highest BCUT2D eigenvalue weighted by atomic mass is 32.2. The molecule has 1 heterocycles. The minimum atomic E-state index is 0.0590. The molecule has 1 N–H and O–H groups in total. The van der Waals surface area contributed by atoms with Gasteiger partial charge in [0.1, 0.15) is 0 Å². The van der Waals surface area contributed by atoms with E-state index >= 15 is 0 Å². The molecule has 0 amide bonds. The Hall–Kier alpha value is 0.620. The Balaban J connectivity index is 2.05. The molecule has 2 unspecified atom stereocenters. The lowest BCUT2D eigenvalue weighted by Gasteiger charge is -2.23. The van der Waals surface area contributed by atoms with Crippen molar-refractivity contribution in [3.05, 3.63) is 0 Å². The van der Waals surface area contributed by atoms with Gasteiger partial charge >= 0.3 is 0 Å². The van der Waals surface area contributed by atoms with Gasteiger partial charge in [-0.05, 0) is 19.8 Å². The predicted octanol–water partition coefficient (Wildman–Crippen LogP) is 1.68. The zero-order chi connectivity index (χ0) is 8.10. The molecule has 11 heavy (non-hydrogen) atoms. The number of thiol groups is 1. The molecule has 0 aromatic rings. The summed E-state index contributed by atoms with van der Waals surface area (Å²) in [5.41, 5.74) is 0.0590. The normalized spacial score (nSPS) is 28.4. The average molecular weight is 193 g/mol. The molecule has 1 aliphatic rings. The summed E-state index contributed by atoms with van der Waals surface area (Å²) >= 11 is 5.94. The first-order valence-corrected chi connectivity index (χ1v) is 5.46. The molecule has 1 rings (SSSR count). The summed E-state index contributed by atoms with van der Waals surface area (Å²) in [7, 11) is 0. The van der Waals surface area contributed by atoms with Gasteiger partial charge < -0.3 is 4.74 Å². The van der Waals surface area contributed by atoms with E-state index in [2.05, 4.69) is 17.4 Å². The van der Waals surface area contributed by atoms with Gasteiger partial charge in [-0.3, -0.25) is 4.72 Å². The molecule has 2 nitrogen and oxygen atoms in total. The lowest BCUT2D eigenvalue weighted by atomic mass is 10.2. The van der Waals surface area contributed by atoms with Crippen LogP contribution >= 0.6 is 24.6 Å². The molecule has 0 spiro atoms. The van der Waals surface area contributed by atoms with Crippen LogP contribution in [-0.2, 0) is 4.74 Å². The van der Waals surface area contributed by atoms with Crippen LogP contribution in [0.5, 0.6) is 0 Å². The molecular formula is C7H15NOS2. The Morgan fingerprint density at radius 2 is 2.64 bits per heavy atom. The molecule has 0 aromatic heterocycles. The molecular weight excluding hydrogens is 178 g/mol. The van der Waals surface area contributed by atoms with Crippen LogP contribution in [0.1, 0.15) is 19.8 Å². The molecule has 0 bridgehead atoms. The van der Waals surface area contributed by atoms with E-state index in [4.69, 9.17) is 4.74 Å². The van der Waals surface area contributed by atoms with Crippen LogP contribution in [0.2, 0.25) is 0 Å². The zero-order valence-electron chi connectivity index (χ0n) is 6.75. The molecule has 1 aliphatic heterocycles. The van der Waals surface area contributed by atoms with Crippen LogP contribution in [0.4, 0.5) is 0 Å². The number of hydrogen-bond donors (Lipinski definition) is 2. The van der Waals surface area contributed by atoms with Crippen molar-refractivity contribution in [2.45, 2.75) is 31.2 Å². The van der Waals surface area contributed by atoms with Crippen LogP contribution in [0.25, 0.3) is 0 Å². The predicted molar refractivity (Wildman–Crippen MR) is 53.0 cm³/mol. The second-order valence-electron chi connectivity index (χ2n) is 2.74. The van der Waals surface area contributed by atoms with Crippen molar-refractivity contribution in [2.24, 2.45) is 0 Å². The van der Waals surface area contributed by atoms with Gasteiger partial charge in [-0.1, -0.05) is 11.9 Å². The van der Waals surface area contributed by atoms with Gasteiger partial charge in [0.2, 0.25) is 0 Å². The van der Waals surface area contributed by atoms with Gasteiger partial charge in [0.15, 0.2) is 0 Å². The van der Waals surface area contributed by atoms with Crippen molar-refractivity contribution in [3.63, 3.8) is 0 Å². The fourth-order valence-electron chi connectivity index (χ4n) is 1.01. The Bertz CT molecular complexity index is 105. The van der Waals surface area contributed by atoms with Crippen molar-refractivity contribution in [1.29, 1.82) is 0 Å². The Labute approximate surface area is 78.0 Å². The van der Waals surface area contributed by atoms with Crippen molar-refractivity contribution < 1.29 is 4.74 Å². The smallest absolute Gasteiger partial charge is 0.0972 e. The zero-order valence-corrected chi connectivity index (χ0v) is 8.46. The lowest BCUT2D eigenvalue weighted by molar-refractivity contribution is 0.106. The number of hydrogen-bond acceptors (Lipinski definition) is 4. The first-order valence-electron chi connectivity index (χ1n) is 3.96. The Morgan fingerprint density at radius 3 is 3.18 bits per heavy atom. The van der Waals surface area contributed by atoms with E-state index < -0.39 is 0 Å². The third kappa shape index (κ3) is 4.25. The van der Waals surface area contributed by atoms with Gasteiger partial charge in [-0.25, -0.2) is 0 Å². The van der Waals surface area contributed by atoms with E-state index in [-0.39, 0.29) is 5.44 Å². The van der Waals surface area contributed by atoms with Gasteiger partial charge in [-0.2, -0.15) is 0 Å². The fraction of sp³-hybridized carbons (Fsp3) is 1.00. The monoisotopic (exact) mass is 193 g/mol. The quantitative estimate of drug-likeness (QED) is 0.404. The highest BCUT2D eigenvalue weighted by molar-refractivity contribution is 7.97. The highest BCUT2D eigenvalue weighted by Crippen LogP contribution is 2.13. The number of rotatable bonds is 3. The Kier molecular flexibility index (Phi) is 4.67. The summed E-state index contributed by atoms with van der Waals surface area (Å²) in [5.74, 6) is 1.23. The van der Waals surface area contributed by atoms with Crippen LogP contribution in [-0.4, -0.2) is 23.8 Å². The summed E-state index contributed by atoms with van der Waals surface area (Å²) in [4.78, 5) is 0. The first-order chi connectivity index (χ1) is 5.29. The van der Waals surface area contributed by atoms with E-state index in [0.29, 0.717) is 6.04 Å². The van der Waals surface area contributed by atoms with Crippen molar-refractivity contribution in [2.75, 3.05) is 12.4 Å². The molecule has 0 saturated carbocycles. The molecule has 0 aromatic carbocycles. The van der Waals surface area contributed by atoms with Crippen LogP contribution in [0, 0.1) is 0 Å². The number of ether oxygens (including phenoxy) is 1. The van der Waals surface area contributed by atoms with Gasteiger partial charge in [-0.15, -0.1) is 12.6 Å². The first kappa shape index (κ1) is 9.71. The maximum absolute atomic E-state index is 5.37. The molecule has 4 heteroatoms. The van der Waals surface area contributed by atoms with E-state index in [1.54, 1.807) is 11.9 Å². The second kappa shape index (κ2) is 5.30. The maximum Gasteiger partial charge on any atom is 0.0972 e.